The summed E-state index contributed by atoms with van der Waals surface area (Å²) in [5.41, 5.74) is 0.512. The van der Waals surface area contributed by atoms with Crippen molar-refractivity contribution >= 4 is 11.6 Å². The molecule has 2 saturated carbocycles. The first kappa shape index (κ1) is 13.6. The summed E-state index contributed by atoms with van der Waals surface area (Å²) in [5.74, 6) is 2.10. The molecule has 0 bridgehead atoms. The SMILES string of the molecule is O=C(CNCC(C1CC1)C1CC1)Nc1cccc(F)c1. The lowest BCUT2D eigenvalue weighted by atomic mass is 9.98. The highest BCUT2D eigenvalue weighted by atomic mass is 19.1. The van der Waals surface area contributed by atoms with Crippen LogP contribution in [-0.4, -0.2) is 19.0 Å². The minimum absolute atomic E-state index is 0.110. The Kier molecular flexibility index (Phi) is 4.01. The van der Waals surface area contributed by atoms with E-state index in [4.69, 9.17) is 0 Å². The van der Waals surface area contributed by atoms with Crippen molar-refractivity contribution in [3.8, 4) is 0 Å². The van der Waals surface area contributed by atoms with E-state index in [0.717, 1.165) is 24.3 Å². The number of rotatable bonds is 7. The maximum absolute atomic E-state index is 13.0. The van der Waals surface area contributed by atoms with E-state index in [-0.39, 0.29) is 11.7 Å². The van der Waals surface area contributed by atoms with E-state index in [1.54, 1.807) is 12.1 Å². The average molecular weight is 276 g/mol. The summed E-state index contributed by atoms with van der Waals surface area (Å²) in [7, 11) is 0. The molecule has 2 aliphatic carbocycles. The zero-order chi connectivity index (χ0) is 13.9. The summed E-state index contributed by atoms with van der Waals surface area (Å²) in [4.78, 5) is 11.8. The van der Waals surface area contributed by atoms with Gasteiger partial charge >= 0.3 is 0 Å². The predicted octanol–water partition coefficient (Wildman–Crippen LogP) is 2.79. The van der Waals surface area contributed by atoms with Gasteiger partial charge in [0, 0.05) is 5.69 Å². The van der Waals surface area contributed by atoms with E-state index in [2.05, 4.69) is 10.6 Å². The van der Waals surface area contributed by atoms with Gasteiger partial charge in [0.25, 0.3) is 0 Å². The van der Waals surface area contributed by atoms with E-state index in [9.17, 15) is 9.18 Å². The zero-order valence-electron chi connectivity index (χ0n) is 11.6. The Labute approximate surface area is 118 Å². The molecule has 0 spiro atoms. The molecule has 0 atom stereocenters. The van der Waals surface area contributed by atoms with Crippen LogP contribution in [-0.2, 0) is 4.79 Å². The largest absolute Gasteiger partial charge is 0.325 e. The van der Waals surface area contributed by atoms with Gasteiger partial charge in [-0.1, -0.05) is 6.07 Å². The third-order valence-corrected chi connectivity index (χ3v) is 4.23. The third kappa shape index (κ3) is 3.79. The van der Waals surface area contributed by atoms with Gasteiger partial charge in [0.05, 0.1) is 6.54 Å². The molecule has 1 aromatic carbocycles. The Morgan fingerprint density at radius 1 is 1.25 bits per heavy atom. The topological polar surface area (TPSA) is 41.1 Å². The molecule has 2 N–H and O–H groups in total. The number of hydrogen-bond donors (Lipinski definition) is 2. The first-order valence-electron chi connectivity index (χ1n) is 7.48. The summed E-state index contributed by atoms with van der Waals surface area (Å²) < 4.78 is 13.0. The maximum atomic E-state index is 13.0. The summed E-state index contributed by atoms with van der Waals surface area (Å²) in [6.07, 6.45) is 5.44. The second-order valence-corrected chi connectivity index (χ2v) is 6.03. The molecule has 3 nitrogen and oxygen atoms in total. The van der Waals surface area contributed by atoms with Crippen molar-refractivity contribution in [2.45, 2.75) is 25.7 Å². The number of halogens is 1. The van der Waals surface area contributed by atoms with E-state index in [0.29, 0.717) is 12.2 Å². The Balaban J connectivity index is 1.40. The molecule has 0 unspecified atom stereocenters. The molecule has 1 aromatic rings. The van der Waals surface area contributed by atoms with E-state index in [1.807, 2.05) is 0 Å². The molecule has 0 heterocycles. The molecule has 3 rings (SSSR count). The van der Waals surface area contributed by atoms with E-state index in [1.165, 1.54) is 37.8 Å². The molecule has 20 heavy (non-hydrogen) atoms. The van der Waals surface area contributed by atoms with Gasteiger partial charge in [-0.15, -0.1) is 0 Å². The normalized spacial score (nSPS) is 18.3. The van der Waals surface area contributed by atoms with Gasteiger partial charge < -0.3 is 10.6 Å². The van der Waals surface area contributed by atoms with Crippen molar-refractivity contribution < 1.29 is 9.18 Å². The number of anilines is 1. The number of hydrogen-bond acceptors (Lipinski definition) is 2. The fraction of sp³-hybridized carbons (Fsp3) is 0.562. The lowest BCUT2D eigenvalue weighted by Crippen LogP contribution is -2.33. The Hall–Kier alpha value is -1.42. The first-order valence-corrected chi connectivity index (χ1v) is 7.48. The van der Waals surface area contributed by atoms with Crippen LogP contribution in [0, 0.1) is 23.6 Å². The van der Waals surface area contributed by atoms with Crippen molar-refractivity contribution in [1.29, 1.82) is 0 Å². The van der Waals surface area contributed by atoms with Crippen LogP contribution in [0.1, 0.15) is 25.7 Å². The predicted molar refractivity (Wildman–Crippen MR) is 76.8 cm³/mol. The van der Waals surface area contributed by atoms with Crippen LogP contribution in [0.2, 0.25) is 0 Å². The van der Waals surface area contributed by atoms with E-state index >= 15 is 0 Å². The summed E-state index contributed by atoms with van der Waals surface area (Å²) in [5, 5.41) is 5.96. The van der Waals surface area contributed by atoms with Gasteiger partial charge in [-0.2, -0.15) is 0 Å². The lowest BCUT2D eigenvalue weighted by Gasteiger charge is -2.16. The van der Waals surface area contributed by atoms with Crippen LogP contribution in [0.15, 0.2) is 24.3 Å². The van der Waals surface area contributed by atoms with Gasteiger partial charge in [-0.3, -0.25) is 4.79 Å². The number of nitrogens with one attached hydrogen (secondary N) is 2. The Morgan fingerprint density at radius 3 is 2.55 bits per heavy atom. The van der Waals surface area contributed by atoms with Crippen molar-refractivity contribution in [2.24, 2.45) is 17.8 Å². The maximum Gasteiger partial charge on any atom is 0.238 e. The van der Waals surface area contributed by atoms with Crippen LogP contribution < -0.4 is 10.6 Å². The van der Waals surface area contributed by atoms with Gasteiger partial charge in [-0.25, -0.2) is 4.39 Å². The molecule has 0 saturated heterocycles. The molecule has 4 heteroatoms. The minimum atomic E-state index is -0.335. The van der Waals surface area contributed by atoms with Gasteiger partial charge in [0.1, 0.15) is 5.82 Å². The second kappa shape index (κ2) is 5.92. The van der Waals surface area contributed by atoms with E-state index < -0.39 is 0 Å². The highest BCUT2D eigenvalue weighted by molar-refractivity contribution is 5.92. The smallest absolute Gasteiger partial charge is 0.238 e. The quantitative estimate of drug-likeness (QED) is 0.804. The lowest BCUT2D eigenvalue weighted by molar-refractivity contribution is -0.115. The molecule has 2 aliphatic rings. The average Bonchev–Trinajstić information content (AvgIpc) is 3.27. The standard InChI is InChI=1S/C16H21FN2O/c17-13-2-1-3-14(8-13)19-16(20)10-18-9-15(11-4-5-11)12-6-7-12/h1-3,8,11-12,15,18H,4-7,9-10H2,(H,19,20). The fourth-order valence-corrected chi connectivity index (χ4v) is 2.89. The molecule has 108 valence electrons. The molecular formula is C16H21FN2O. The molecule has 0 aliphatic heterocycles. The summed E-state index contributed by atoms with van der Waals surface area (Å²) >= 11 is 0. The van der Waals surface area contributed by atoms with Crippen LogP contribution in [0.4, 0.5) is 10.1 Å². The number of amides is 1. The van der Waals surface area contributed by atoms with Gasteiger partial charge in [0.15, 0.2) is 0 Å². The monoisotopic (exact) mass is 276 g/mol. The van der Waals surface area contributed by atoms with Crippen molar-refractivity contribution in [3.63, 3.8) is 0 Å². The Bertz CT molecular complexity index is 471. The fourth-order valence-electron chi connectivity index (χ4n) is 2.89. The van der Waals surface area contributed by atoms with Crippen LogP contribution in [0.25, 0.3) is 0 Å². The molecule has 1 amide bonds. The molecule has 0 aromatic heterocycles. The highest BCUT2D eigenvalue weighted by Gasteiger charge is 2.40. The minimum Gasteiger partial charge on any atom is -0.325 e. The molecule has 0 radical (unpaired) electrons. The molecule has 2 fully saturated rings. The Morgan fingerprint density at radius 2 is 1.95 bits per heavy atom. The molecular weight excluding hydrogens is 255 g/mol. The van der Waals surface area contributed by atoms with Crippen molar-refractivity contribution in [1.82, 2.24) is 5.32 Å². The third-order valence-electron chi connectivity index (χ3n) is 4.23. The van der Waals surface area contributed by atoms with Crippen molar-refractivity contribution in [3.05, 3.63) is 30.1 Å². The second-order valence-electron chi connectivity index (χ2n) is 6.03. The highest BCUT2D eigenvalue weighted by Crippen LogP contribution is 2.48. The summed E-state index contributed by atoms with van der Waals surface area (Å²) in [6, 6.07) is 5.98. The van der Waals surface area contributed by atoms with Gasteiger partial charge in [0.2, 0.25) is 5.91 Å². The van der Waals surface area contributed by atoms with Crippen LogP contribution in [0.3, 0.4) is 0 Å². The van der Waals surface area contributed by atoms with Gasteiger partial charge in [-0.05, 0) is 68.2 Å². The summed E-state index contributed by atoms with van der Waals surface area (Å²) in [6.45, 7) is 1.23. The number of benzene rings is 1. The first-order chi connectivity index (χ1) is 9.72. The number of carbonyl (C=O) groups excluding carboxylic acids is 1. The van der Waals surface area contributed by atoms with Crippen LogP contribution in [0.5, 0.6) is 0 Å². The zero-order valence-corrected chi connectivity index (χ0v) is 11.6. The number of carbonyl (C=O) groups is 1. The van der Waals surface area contributed by atoms with Crippen molar-refractivity contribution in [2.75, 3.05) is 18.4 Å². The van der Waals surface area contributed by atoms with Crippen LogP contribution >= 0.6 is 0 Å².